The van der Waals surface area contributed by atoms with Crippen molar-refractivity contribution < 1.29 is 0 Å². The van der Waals surface area contributed by atoms with Gasteiger partial charge in [-0.15, -0.1) is 0 Å². The third-order valence-electron chi connectivity index (χ3n) is 4.61. The standard InChI is InChI=1S/C16H22N2/c1-12-5-6-15-13(9-12)14(10-18-15)16(11-17)7-3-2-4-8-16/h5-6,9-10,18H,2-4,7-8,11,17H2,1H3. The van der Waals surface area contributed by atoms with Crippen LogP contribution >= 0.6 is 0 Å². The molecule has 1 heterocycles. The molecular weight excluding hydrogens is 220 g/mol. The maximum absolute atomic E-state index is 6.14. The molecule has 1 fully saturated rings. The molecule has 0 amide bonds. The Hall–Kier alpha value is -1.28. The van der Waals surface area contributed by atoms with E-state index in [1.807, 2.05) is 0 Å². The number of aromatic amines is 1. The van der Waals surface area contributed by atoms with Crippen molar-refractivity contribution in [2.24, 2.45) is 5.73 Å². The third kappa shape index (κ3) is 1.76. The van der Waals surface area contributed by atoms with Gasteiger partial charge in [-0.05, 0) is 37.5 Å². The molecule has 2 aromatic rings. The largest absolute Gasteiger partial charge is 0.361 e. The SMILES string of the molecule is Cc1ccc2[nH]cc(C3(CN)CCCCC3)c2c1. The van der Waals surface area contributed by atoms with Crippen LogP contribution < -0.4 is 5.73 Å². The summed E-state index contributed by atoms with van der Waals surface area (Å²) < 4.78 is 0. The number of hydrogen-bond acceptors (Lipinski definition) is 1. The molecule has 0 spiro atoms. The van der Waals surface area contributed by atoms with Crippen LogP contribution in [0.15, 0.2) is 24.4 Å². The summed E-state index contributed by atoms with van der Waals surface area (Å²) in [7, 11) is 0. The molecule has 1 aliphatic carbocycles. The summed E-state index contributed by atoms with van der Waals surface area (Å²) >= 11 is 0. The van der Waals surface area contributed by atoms with Gasteiger partial charge in [0.05, 0.1) is 0 Å². The number of rotatable bonds is 2. The number of nitrogens with one attached hydrogen (secondary N) is 1. The number of H-pyrrole nitrogens is 1. The summed E-state index contributed by atoms with van der Waals surface area (Å²) in [5, 5.41) is 1.38. The first-order valence-electron chi connectivity index (χ1n) is 7.03. The van der Waals surface area contributed by atoms with E-state index in [2.05, 4.69) is 36.3 Å². The number of aryl methyl sites for hydroxylation is 1. The Balaban J connectivity index is 2.14. The number of hydrogen-bond donors (Lipinski definition) is 2. The van der Waals surface area contributed by atoms with Gasteiger partial charge in [0.1, 0.15) is 0 Å². The van der Waals surface area contributed by atoms with E-state index in [1.54, 1.807) is 0 Å². The van der Waals surface area contributed by atoms with Crippen LogP contribution in [-0.2, 0) is 5.41 Å². The maximum atomic E-state index is 6.14. The Morgan fingerprint density at radius 1 is 1.22 bits per heavy atom. The lowest BCUT2D eigenvalue weighted by atomic mass is 9.69. The normalized spacial score (nSPS) is 19.2. The van der Waals surface area contributed by atoms with E-state index < -0.39 is 0 Å². The van der Waals surface area contributed by atoms with E-state index in [0.717, 1.165) is 6.54 Å². The highest BCUT2D eigenvalue weighted by Gasteiger charge is 2.34. The van der Waals surface area contributed by atoms with Gasteiger partial charge in [-0.2, -0.15) is 0 Å². The number of nitrogens with two attached hydrogens (primary N) is 1. The Morgan fingerprint density at radius 3 is 2.72 bits per heavy atom. The lowest BCUT2D eigenvalue weighted by Gasteiger charge is -2.36. The third-order valence-corrected chi connectivity index (χ3v) is 4.61. The highest BCUT2D eigenvalue weighted by molar-refractivity contribution is 5.85. The first-order chi connectivity index (χ1) is 8.75. The van der Waals surface area contributed by atoms with Crippen molar-refractivity contribution in [3.63, 3.8) is 0 Å². The van der Waals surface area contributed by atoms with Gasteiger partial charge in [-0.3, -0.25) is 0 Å². The minimum absolute atomic E-state index is 0.213. The second kappa shape index (κ2) is 4.43. The van der Waals surface area contributed by atoms with E-state index in [-0.39, 0.29) is 5.41 Å². The molecule has 0 saturated heterocycles. The average Bonchev–Trinajstić information content (AvgIpc) is 2.83. The average molecular weight is 242 g/mol. The lowest BCUT2D eigenvalue weighted by Crippen LogP contribution is -2.36. The van der Waals surface area contributed by atoms with E-state index in [4.69, 9.17) is 5.73 Å². The fraction of sp³-hybridized carbons (Fsp3) is 0.500. The van der Waals surface area contributed by atoms with Crippen LogP contribution in [0, 0.1) is 6.92 Å². The lowest BCUT2D eigenvalue weighted by molar-refractivity contribution is 0.303. The van der Waals surface area contributed by atoms with Gasteiger partial charge >= 0.3 is 0 Å². The van der Waals surface area contributed by atoms with E-state index >= 15 is 0 Å². The van der Waals surface area contributed by atoms with Gasteiger partial charge in [0, 0.05) is 29.1 Å². The molecule has 2 heteroatoms. The second-order valence-corrected chi connectivity index (χ2v) is 5.80. The predicted molar refractivity (Wildman–Crippen MR) is 76.9 cm³/mol. The molecule has 1 aromatic carbocycles. The Morgan fingerprint density at radius 2 is 2.00 bits per heavy atom. The van der Waals surface area contributed by atoms with Crippen molar-refractivity contribution in [3.05, 3.63) is 35.5 Å². The van der Waals surface area contributed by atoms with Crippen LogP contribution in [0.4, 0.5) is 0 Å². The van der Waals surface area contributed by atoms with Gasteiger partial charge < -0.3 is 10.7 Å². The highest BCUT2D eigenvalue weighted by Crippen LogP contribution is 2.41. The van der Waals surface area contributed by atoms with E-state index in [0.29, 0.717) is 0 Å². The van der Waals surface area contributed by atoms with Crippen molar-refractivity contribution in [2.45, 2.75) is 44.4 Å². The molecule has 0 radical (unpaired) electrons. The second-order valence-electron chi connectivity index (χ2n) is 5.80. The van der Waals surface area contributed by atoms with E-state index in [9.17, 15) is 0 Å². The van der Waals surface area contributed by atoms with Crippen molar-refractivity contribution in [1.82, 2.24) is 4.98 Å². The molecule has 18 heavy (non-hydrogen) atoms. The smallest absolute Gasteiger partial charge is 0.0457 e. The van der Waals surface area contributed by atoms with Gasteiger partial charge in [0.15, 0.2) is 0 Å². The fourth-order valence-electron chi connectivity index (χ4n) is 3.49. The Labute approximate surface area is 109 Å². The Bertz CT molecular complexity index is 547. The Kier molecular flexibility index (Phi) is 2.90. The van der Waals surface area contributed by atoms with Crippen molar-refractivity contribution in [1.29, 1.82) is 0 Å². The summed E-state index contributed by atoms with van der Waals surface area (Å²) in [5.74, 6) is 0. The minimum atomic E-state index is 0.213. The van der Waals surface area contributed by atoms with Crippen molar-refractivity contribution in [2.75, 3.05) is 6.54 Å². The summed E-state index contributed by atoms with van der Waals surface area (Å²) in [5.41, 5.74) is 10.4. The molecule has 96 valence electrons. The summed E-state index contributed by atoms with van der Waals surface area (Å²) in [6, 6.07) is 6.65. The van der Waals surface area contributed by atoms with Crippen molar-refractivity contribution >= 4 is 10.9 Å². The highest BCUT2D eigenvalue weighted by atomic mass is 14.7. The molecule has 0 unspecified atom stereocenters. The maximum Gasteiger partial charge on any atom is 0.0457 e. The molecule has 1 aromatic heterocycles. The summed E-state index contributed by atoms with van der Waals surface area (Å²) in [4.78, 5) is 3.42. The van der Waals surface area contributed by atoms with Gasteiger partial charge in [-0.1, -0.05) is 30.9 Å². The quantitative estimate of drug-likeness (QED) is 0.829. The van der Waals surface area contributed by atoms with Gasteiger partial charge in [0.25, 0.3) is 0 Å². The first-order valence-corrected chi connectivity index (χ1v) is 7.03. The molecular formula is C16H22N2. The molecule has 2 nitrogen and oxygen atoms in total. The van der Waals surface area contributed by atoms with Crippen LogP contribution in [-0.4, -0.2) is 11.5 Å². The first kappa shape index (κ1) is 11.8. The minimum Gasteiger partial charge on any atom is -0.361 e. The molecule has 0 atom stereocenters. The van der Waals surface area contributed by atoms with Crippen LogP contribution in [0.2, 0.25) is 0 Å². The molecule has 0 aliphatic heterocycles. The fourth-order valence-corrected chi connectivity index (χ4v) is 3.49. The van der Waals surface area contributed by atoms with Crippen LogP contribution in [0.1, 0.15) is 43.2 Å². The summed E-state index contributed by atoms with van der Waals surface area (Å²) in [6.45, 7) is 2.93. The van der Waals surface area contributed by atoms with E-state index in [1.165, 1.54) is 54.1 Å². The number of fused-ring (bicyclic) bond motifs is 1. The monoisotopic (exact) mass is 242 g/mol. The number of aromatic nitrogens is 1. The van der Waals surface area contributed by atoms with Crippen molar-refractivity contribution in [3.8, 4) is 0 Å². The zero-order valence-electron chi connectivity index (χ0n) is 11.1. The zero-order valence-corrected chi connectivity index (χ0v) is 11.1. The molecule has 3 rings (SSSR count). The van der Waals surface area contributed by atoms with Crippen LogP contribution in [0.3, 0.4) is 0 Å². The van der Waals surface area contributed by atoms with Gasteiger partial charge in [0.2, 0.25) is 0 Å². The van der Waals surface area contributed by atoms with Crippen LogP contribution in [0.5, 0.6) is 0 Å². The molecule has 1 saturated carbocycles. The molecule has 0 bridgehead atoms. The summed E-state index contributed by atoms with van der Waals surface area (Å²) in [6.07, 6.45) is 8.67. The molecule has 3 N–H and O–H groups in total. The number of benzene rings is 1. The molecule has 1 aliphatic rings. The predicted octanol–water partition coefficient (Wildman–Crippen LogP) is 3.64. The van der Waals surface area contributed by atoms with Crippen LogP contribution in [0.25, 0.3) is 10.9 Å². The van der Waals surface area contributed by atoms with Gasteiger partial charge in [-0.25, -0.2) is 0 Å². The zero-order chi connectivity index (χ0) is 12.6. The topological polar surface area (TPSA) is 41.8 Å².